The maximum atomic E-state index is 13.2. The summed E-state index contributed by atoms with van der Waals surface area (Å²) in [5.41, 5.74) is 3.41. The highest BCUT2D eigenvalue weighted by atomic mass is 32.2. The molecule has 0 N–H and O–H groups in total. The number of amides is 1. The van der Waals surface area contributed by atoms with Crippen molar-refractivity contribution in [1.82, 2.24) is 19.7 Å². The summed E-state index contributed by atoms with van der Waals surface area (Å²) in [6.07, 6.45) is 0. The highest BCUT2D eigenvalue weighted by Crippen LogP contribution is 2.20. The molecule has 0 bridgehead atoms. The Balaban J connectivity index is 1.46. The van der Waals surface area contributed by atoms with Gasteiger partial charge in [-0.3, -0.25) is 4.79 Å². The van der Waals surface area contributed by atoms with Crippen LogP contribution in [0.25, 0.3) is 0 Å². The smallest absolute Gasteiger partial charge is 0.233 e. The van der Waals surface area contributed by atoms with Crippen molar-refractivity contribution in [1.29, 1.82) is 0 Å². The Labute approximate surface area is 193 Å². The lowest BCUT2D eigenvalue weighted by atomic mass is 10.1. The van der Waals surface area contributed by atoms with Crippen LogP contribution >= 0.6 is 11.8 Å². The molecule has 0 saturated carbocycles. The van der Waals surface area contributed by atoms with Gasteiger partial charge < -0.3 is 9.47 Å². The predicted octanol–water partition coefficient (Wildman–Crippen LogP) is 4.96. The third kappa shape index (κ3) is 5.86. The van der Waals surface area contributed by atoms with E-state index in [9.17, 15) is 4.79 Å². The monoisotopic (exact) mass is 442 g/mol. The lowest BCUT2D eigenvalue weighted by Gasteiger charge is -2.23. The standard InChI is InChI=1S/C26H26N4OS/c1-21-27-28-26(30(21)19-24-15-9-4-10-16-24)32-20-25(31)29(17-22-11-5-2-6-12-22)18-23-13-7-3-8-14-23/h2-16H,17-20H2,1H3. The van der Waals surface area contributed by atoms with Gasteiger partial charge >= 0.3 is 0 Å². The van der Waals surface area contributed by atoms with Gasteiger partial charge in [-0.15, -0.1) is 10.2 Å². The van der Waals surface area contributed by atoms with Crippen LogP contribution in [0.4, 0.5) is 0 Å². The summed E-state index contributed by atoms with van der Waals surface area (Å²) in [5, 5.41) is 9.32. The van der Waals surface area contributed by atoms with Crippen molar-refractivity contribution < 1.29 is 4.79 Å². The van der Waals surface area contributed by atoms with Gasteiger partial charge in [0.2, 0.25) is 5.91 Å². The summed E-state index contributed by atoms with van der Waals surface area (Å²) in [7, 11) is 0. The van der Waals surface area contributed by atoms with Crippen LogP contribution in [0.15, 0.2) is 96.2 Å². The zero-order chi connectivity index (χ0) is 22.2. The highest BCUT2D eigenvalue weighted by Gasteiger charge is 2.18. The molecule has 0 radical (unpaired) electrons. The Morgan fingerprint density at radius 2 is 1.28 bits per heavy atom. The van der Waals surface area contributed by atoms with Crippen molar-refractivity contribution in [3.05, 3.63) is 114 Å². The number of rotatable bonds is 9. The number of carbonyl (C=O) groups excluding carboxylic acids is 1. The average molecular weight is 443 g/mol. The van der Waals surface area contributed by atoms with Gasteiger partial charge in [0.25, 0.3) is 0 Å². The van der Waals surface area contributed by atoms with Gasteiger partial charge in [-0.25, -0.2) is 0 Å². The van der Waals surface area contributed by atoms with E-state index in [1.165, 1.54) is 17.3 Å². The van der Waals surface area contributed by atoms with E-state index in [0.717, 1.165) is 22.1 Å². The van der Waals surface area contributed by atoms with Crippen molar-refractivity contribution >= 4 is 17.7 Å². The van der Waals surface area contributed by atoms with Crippen LogP contribution in [0.5, 0.6) is 0 Å². The third-order valence-electron chi connectivity index (χ3n) is 5.20. The molecule has 6 heteroatoms. The first kappa shape index (κ1) is 21.8. The lowest BCUT2D eigenvalue weighted by Crippen LogP contribution is -2.31. The Morgan fingerprint density at radius 1 is 0.781 bits per heavy atom. The molecule has 0 unspecified atom stereocenters. The minimum atomic E-state index is 0.0784. The SMILES string of the molecule is Cc1nnc(SCC(=O)N(Cc2ccccc2)Cc2ccccc2)n1Cc1ccccc1. The number of benzene rings is 3. The fraction of sp³-hybridized carbons (Fsp3) is 0.192. The van der Waals surface area contributed by atoms with Gasteiger partial charge in [0, 0.05) is 13.1 Å². The molecule has 1 amide bonds. The van der Waals surface area contributed by atoms with E-state index in [2.05, 4.69) is 51.2 Å². The van der Waals surface area contributed by atoms with Gasteiger partial charge in [0.05, 0.1) is 12.3 Å². The molecule has 0 aliphatic carbocycles. The van der Waals surface area contributed by atoms with Crippen LogP contribution in [0.2, 0.25) is 0 Å². The second-order valence-corrected chi connectivity index (χ2v) is 8.55. The van der Waals surface area contributed by atoms with Crippen LogP contribution in [0, 0.1) is 6.92 Å². The molecule has 32 heavy (non-hydrogen) atoms. The summed E-state index contributed by atoms with van der Waals surface area (Å²) >= 11 is 1.44. The van der Waals surface area contributed by atoms with E-state index >= 15 is 0 Å². The van der Waals surface area contributed by atoms with E-state index in [4.69, 9.17) is 0 Å². The zero-order valence-electron chi connectivity index (χ0n) is 18.1. The third-order valence-corrected chi connectivity index (χ3v) is 6.15. The molecule has 1 heterocycles. The first-order valence-electron chi connectivity index (χ1n) is 10.6. The van der Waals surface area contributed by atoms with Crippen LogP contribution in [-0.2, 0) is 24.4 Å². The zero-order valence-corrected chi connectivity index (χ0v) is 18.9. The molecule has 0 aliphatic heterocycles. The molecule has 0 saturated heterocycles. The van der Waals surface area contributed by atoms with Gasteiger partial charge in [-0.1, -0.05) is 103 Å². The van der Waals surface area contributed by atoms with Gasteiger partial charge in [-0.2, -0.15) is 0 Å². The first-order valence-corrected chi connectivity index (χ1v) is 11.6. The highest BCUT2D eigenvalue weighted by molar-refractivity contribution is 7.99. The molecule has 0 atom stereocenters. The van der Waals surface area contributed by atoms with Gasteiger partial charge in [0.1, 0.15) is 5.82 Å². The minimum absolute atomic E-state index is 0.0784. The molecule has 0 fully saturated rings. The molecule has 3 aromatic carbocycles. The molecule has 162 valence electrons. The fourth-order valence-corrected chi connectivity index (χ4v) is 4.36. The maximum Gasteiger partial charge on any atom is 0.233 e. The molecule has 0 spiro atoms. The summed E-state index contributed by atoms with van der Waals surface area (Å²) in [6, 6.07) is 30.4. The van der Waals surface area contributed by atoms with Gasteiger partial charge in [0.15, 0.2) is 5.16 Å². The number of hydrogen-bond acceptors (Lipinski definition) is 4. The van der Waals surface area contributed by atoms with E-state index < -0.39 is 0 Å². The Morgan fingerprint density at radius 3 is 1.81 bits per heavy atom. The largest absolute Gasteiger partial charge is 0.333 e. The number of nitrogens with zero attached hydrogens (tertiary/aromatic N) is 4. The molecule has 1 aromatic heterocycles. The summed E-state index contributed by atoms with van der Waals surface area (Å²) in [5.74, 6) is 1.23. The quantitative estimate of drug-likeness (QED) is 0.344. The van der Waals surface area contributed by atoms with Crippen LogP contribution < -0.4 is 0 Å². The number of thioether (sulfide) groups is 1. The minimum Gasteiger partial charge on any atom is -0.333 e. The first-order chi connectivity index (χ1) is 15.7. The average Bonchev–Trinajstić information content (AvgIpc) is 3.18. The van der Waals surface area contributed by atoms with Crippen LogP contribution in [-0.4, -0.2) is 31.3 Å². The summed E-state index contributed by atoms with van der Waals surface area (Å²) < 4.78 is 2.06. The van der Waals surface area contributed by atoms with Gasteiger partial charge in [-0.05, 0) is 23.6 Å². The Kier molecular flexibility index (Phi) is 7.35. The van der Waals surface area contributed by atoms with Crippen LogP contribution in [0.1, 0.15) is 22.5 Å². The van der Waals surface area contributed by atoms with E-state index in [1.807, 2.05) is 66.4 Å². The Bertz CT molecular complexity index is 1090. The number of aryl methyl sites for hydroxylation is 1. The van der Waals surface area contributed by atoms with Crippen molar-refractivity contribution in [2.45, 2.75) is 31.7 Å². The Hall–Kier alpha value is -3.38. The van der Waals surface area contributed by atoms with E-state index in [1.54, 1.807) is 0 Å². The maximum absolute atomic E-state index is 13.2. The van der Waals surface area contributed by atoms with Crippen molar-refractivity contribution in [2.75, 3.05) is 5.75 Å². The number of aromatic nitrogens is 3. The second kappa shape index (κ2) is 10.8. The predicted molar refractivity (Wildman–Crippen MR) is 128 cm³/mol. The van der Waals surface area contributed by atoms with Crippen molar-refractivity contribution in [3.63, 3.8) is 0 Å². The van der Waals surface area contributed by atoms with Crippen molar-refractivity contribution in [2.24, 2.45) is 0 Å². The van der Waals surface area contributed by atoms with E-state index in [-0.39, 0.29) is 5.91 Å². The lowest BCUT2D eigenvalue weighted by molar-refractivity contribution is -0.129. The summed E-state index contributed by atoms with van der Waals surface area (Å²) in [6.45, 7) is 3.78. The topological polar surface area (TPSA) is 51.0 Å². The fourth-order valence-electron chi connectivity index (χ4n) is 3.47. The molecule has 5 nitrogen and oxygen atoms in total. The second-order valence-electron chi connectivity index (χ2n) is 7.61. The summed E-state index contributed by atoms with van der Waals surface area (Å²) in [4.78, 5) is 15.2. The molecule has 4 rings (SSSR count). The van der Waals surface area contributed by atoms with Crippen molar-refractivity contribution in [3.8, 4) is 0 Å². The number of hydrogen-bond donors (Lipinski definition) is 0. The van der Waals surface area contributed by atoms with Crippen LogP contribution in [0.3, 0.4) is 0 Å². The molecule has 4 aromatic rings. The molecule has 0 aliphatic rings. The van der Waals surface area contributed by atoms with E-state index in [0.29, 0.717) is 25.4 Å². The number of carbonyl (C=O) groups is 1. The molecular weight excluding hydrogens is 416 g/mol. The normalized spacial score (nSPS) is 10.8. The molecular formula is C26H26N4OS.